The van der Waals surface area contributed by atoms with Crippen LogP contribution < -0.4 is 0 Å². The number of rotatable bonds is 5. The summed E-state index contributed by atoms with van der Waals surface area (Å²) in [6.45, 7) is 2.62. The van der Waals surface area contributed by atoms with Crippen molar-refractivity contribution >= 4 is 5.91 Å². The molecule has 0 aliphatic carbocycles. The number of fused-ring (bicyclic) bond motifs is 1. The number of carbonyl (C=O) groups is 1. The molecule has 1 fully saturated rings. The van der Waals surface area contributed by atoms with Gasteiger partial charge in [0.25, 0.3) is 0 Å². The fraction of sp³-hybridized carbons (Fsp3) is 0.444. The highest BCUT2D eigenvalue weighted by molar-refractivity contribution is 5.78. The van der Waals surface area contributed by atoms with Crippen molar-refractivity contribution < 1.29 is 4.79 Å². The van der Waals surface area contributed by atoms with Crippen LogP contribution in [-0.4, -0.2) is 38.7 Å². The molecule has 2 aliphatic rings. The summed E-state index contributed by atoms with van der Waals surface area (Å²) in [5, 5.41) is 9.09. The highest BCUT2D eigenvalue weighted by Crippen LogP contribution is 2.32. The van der Waals surface area contributed by atoms with Crippen LogP contribution in [0, 0.1) is 0 Å². The molecule has 0 saturated carbocycles. The van der Waals surface area contributed by atoms with Gasteiger partial charge in [-0.15, -0.1) is 10.2 Å². The van der Waals surface area contributed by atoms with Crippen LogP contribution in [0.1, 0.15) is 73.1 Å². The Labute approximate surface area is 190 Å². The van der Waals surface area contributed by atoms with Crippen LogP contribution in [-0.2, 0) is 17.8 Å². The molecule has 0 radical (unpaired) electrons. The van der Waals surface area contributed by atoms with Crippen molar-refractivity contribution in [2.45, 2.75) is 63.3 Å². The fourth-order valence-corrected chi connectivity index (χ4v) is 5.33. The van der Waals surface area contributed by atoms with Crippen molar-refractivity contribution in [1.29, 1.82) is 0 Å². The van der Waals surface area contributed by atoms with E-state index in [1.165, 1.54) is 30.4 Å². The van der Waals surface area contributed by atoms with Crippen molar-refractivity contribution in [2.75, 3.05) is 13.1 Å². The topological polar surface area (TPSA) is 51.0 Å². The quantitative estimate of drug-likeness (QED) is 0.579. The molecule has 0 N–H and O–H groups in total. The lowest BCUT2D eigenvalue weighted by Gasteiger charge is -2.33. The molecule has 32 heavy (non-hydrogen) atoms. The summed E-state index contributed by atoms with van der Waals surface area (Å²) in [7, 11) is 0. The average Bonchev–Trinajstić information content (AvgIpc) is 3.11. The summed E-state index contributed by atoms with van der Waals surface area (Å²) in [5.41, 5.74) is 2.40. The lowest BCUT2D eigenvalue weighted by atomic mass is 9.87. The molecular weight excluding hydrogens is 396 g/mol. The predicted molar refractivity (Wildman–Crippen MR) is 125 cm³/mol. The fourth-order valence-electron chi connectivity index (χ4n) is 5.33. The van der Waals surface area contributed by atoms with Crippen LogP contribution in [0.25, 0.3) is 0 Å². The molecule has 166 valence electrons. The highest BCUT2D eigenvalue weighted by atomic mass is 16.2. The zero-order chi connectivity index (χ0) is 21.8. The van der Waals surface area contributed by atoms with E-state index >= 15 is 0 Å². The molecule has 3 heterocycles. The van der Waals surface area contributed by atoms with Crippen molar-refractivity contribution in [2.24, 2.45) is 0 Å². The number of amides is 1. The van der Waals surface area contributed by atoms with Gasteiger partial charge in [-0.05, 0) is 36.8 Å². The molecule has 1 unspecified atom stereocenters. The maximum Gasteiger partial charge on any atom is 0.223 e. The van der Waals surface area contributed by atoms with E-state index in [1.807, 2.05) is 12.1 Å². The van der Waals surface area contributed by atoms with Crippen molar-refractivity contribution in [1.82, 2.24) is 19.7 Å². The van der Waals surface area contributed by atoms with E-state index in [9.17, 15) is 4.79 Å². The Hall–Kier alpha value is -2.95. The molecule has 3 aromatic rings. The van der Waals surface area contributed by atoms with Gasteiger partial charge in [0.1, 0.15) is 11.6 Å². The molecule has 2 aliphatic heterocycles. The Balaban J connectivity index is 1.33. The number of likely N-dealkylation sites (tertiary alicyclic amines) is 1. The Morgan fingerprint density at radius 1 is 0.875 bits per heavy atom. The van der Waals surface area contributed by atoms with E-state index in [0.717, 1.165) is 50.5 Å². The molecule has 2 aromatic carbocycles. The van der Waals surface area contributed by atoms with Crippen molar-refractivity contribution in [3.8, 4) is 0 Å². The largest absolute Gasteiger partial charge is 0.342 e. The van der Waals surface area contributed by atoms with Crippen molar-refractivity contribution in [3.05, 3.63) is 83.4 Å². The zero-order valence-electron chi connectivity index (χ0n) is 18.7. The number of piperidine rings is 1. The van der Waals surface area contributed by atoms with E-state index in [4.69, 9.17) is 0 Å². The van der Waals surface area contributed by atoms with Gasteiger partial charge < -0.3 is 9.47 Å². The van der Waals surface area contributed by atoms with Gasteiger partial charge in [0.05, 0.1) is 0 Å². The number of aromatic nitrogens is 3. The summed E-state index contributed by atoms with van der Waals surface area (Å²) in [6, 6.07) is 20.8. The van der Waals surface area contributed by atoms with E-state index in [-0.39, 0.29) is 11.8 Å². The van der Waals surface area contributed by atoms with Gasteiger partial charge in [0, 0.05) is 44.3 Å². The molecule has 1 amide bonds. The van der Waals surface area contributed by atoms with Gasteiger partial charge in [-0.1, -0.05) is 67.1 Å². The third-order valence-corrected chi connectivity index (χ3v) is 7.06. The van der Waals surface area contributed by atoms with E-state index in [0.29, 0.717) is 12.3 Å². The molecule has 5 rings (SSSR count). The van der Waals surface area contributed by atoms with Crippen LogP contribution >= 0.6 is 0 Å². The maximum atomic E-state index is 13.5. The Bertz CT molecular complexity index is 991. The van der Waals surface area contributed by atoms with Gasteiger partial charge in [-0.3, -0.25) is 4.79 Å². The van der Waals surface area contributed by atoms with Gasteiger partial charge in [-0.2, -0.15) is 0 Å². The first-order valence-corrected chi connectivity index (χ1v) is 12.1. The summed E-state index contributed by atoms with van der Waals surface area (Å²) in [5.74, 6) is 2.84. The van der Waals surface area contributed by atoms with Gasteiger partial charge in [0.2, 0.25) is 5.91 Å². The second-order valence-electron chi connectivity index (χ2n) is 9.19. The number of aryl methyl sites for hydroxylation is 1. The highest BCUT2D eigenvalue weighted by Gasteiger charge is 2.30. The molecular formula is C27H32N4O. The number of carbonyl (C=O) groups excluding carboxylic acids is 1. The Kier molecular flexibility index (Phi) is 6.33. The third kappa shape index (κ3) is 4.47. The first-order valence-electron chi connectivity index (χ1n) is 12.1. The summed E-state index contributed by atoms with van der Waals surface area (Å²) >= 11 is 0. The van der Waals surface area contributed by atoms with E-state index < -0.39 is 0 Å². The van der Waals surface area contributed by atoms with Crippen LogP contribution in [0.4, 0.5) is 0 Å². The van der Waals surface area contributed by atoms with Crippen LogP contribution in [0.15, 0.2) is 60.7 Å². The lowest BCUT2D eigenvalue weighted by molar-refractivity contribution is -0.132. The summed E-state index contributed by atoms with van der Waals surface area (Å²) in [4.78, 5) is 15.6. The average molecular weight is 429 g/mol. The number of hydrogen-bond donors (Lipinski definition) is 0. The van der Waals surface area contributed by atoms with Gasteiger partial charge >= 0.3 is 0 Å². The van der Waals surface area contributed by atoms with Crippen LogP contribution in [0.5, 0.6) is 0 Å². The zero-order valence-corrected chi connectivity index (χ0v) is 18.7. The molecule has 0 spiro atoms. The molecule has 0 bridgehead atoms. The van der Waals surface area contributed by atoms with Crippen LogP contribution in [0.2, 0.25) is 0 Å². The summed E-state index contributed by atoms with van der Waals surface area (Å²) in [6.07, 6.45) is 7.30. The Morgan fingerprint density at radius 3 is 2.31 bits per heavy atom. The van der Waals surface area contributed by atoms with E-state index in [2.05, 4.69) is 68.2 Å². The molecule has 5 nitrogen and oxygen atoms in total. The second-order valence-corrected chi connectivity index (χ2v) is 9.19. The van der Waals surface area contributed by atoms with Gasteiger partial charge in [0.15, 0.2) is 0 Å². The lowest BCUT2D eigenvalue weighted by Crippen LogP contribution is -2.40. The normalized spacial score (nSPS) is 18.9. The van der Waals surface area contributed by atoms with E-state index in [1.54, 1.807) is 0 Å². The molecule has 1 saturated heterocycles. The predicted octanol–water partition coefficient (Wildman–Crippen LogP) is 4.93. The first kappa shape index (κ1) is 20.9. The minimum Gasteiger partial charge on any atom is -0.342 e. The molecule has 5 heteroatoms. The minimum atomic E-state index is 0.0784. The second kappa shape index (κ2) is 9.68. The van der Waals surface area contributed by atoms with Crippen molar-refractivity contribution in [3.63, 3.8) is 0 Å². The SMILES string of the molecule is O=C(CC(c1ccccc1)c1ccccc1)N1CCCC(c2nnc3n2CCCCC3)C1. The molecule has 1 aromatic heterocycles. The molecule has 1 atom stereocenters. The number of nitrogens with zero attached hydrogens (tertiary/aromatic N) is 4. The van der Waals surface area contributed by atoms with Gasteiger partial charge in [-0.25, -0.2) is 0 Å². The standard InChI is InChI=1S/C27H32N4O/c32-26(19-24(21-11-4-1-5-12-21)22-13-6-2-7-14-22)30-17-10-15-23(20-30)27-29-28-25-16-8-3-9-18-31(25)27/h1-2,4-7,11-14,23-24H,3,8-10,15-20H2. The number of benzene rings is 2. The number of hydrogen-bond acceptors (Lipinski definition) is 3. The summed E-state index contributed by atoms with van der Waals surface area (Å²) < 4.78 is 2.35. The van der Waals surface area contributed by atoms with Crippen LogP contribution in [0.3, 0.4) is 0 Å². The first-order chi connectivity index (χ1) is 15.8. The Morgan fingerprint density at radius 2 is 1.59 bits per heavy atom. The smallest absolute Gasteiger partial charge is 0.223 e. The monoisotopic (exact) mass is 428 g/mol. The maximum absolute atomic E-state index is 13.5. The third-order valence-electron chi connectivity index (χ3n) is 7.06. The minimum absolute atomic E-state index is 0.0784.